The van der Waals surface area contributed by atoms with Gasteiger partial charge in [-0.1, -0.05) is 17.7 Å². The van der Waals surface area contributed by atoms with Crippen LogP contribution in [-0.4, -0.2) is 20.2 Å². The van der Waals surface area contributed by atoms with E-state index in [2.05, 4.69) is 25.5 Å². The van der Waals surface area contributed by atoms with Crippen LogP contribution in [0, 0.1) is 0 Å². The van der Waals surface area contributed by atoms with Gasteiger partial charge in [0.1, 0.15) is 10.7 Å². The molecule has 0 bridgehead atoms. The molecule has 0 fully saturated rings. The largest absolute Gasteiger partial charge is 0.337 e. The lowest BCUT2D eigenvalue weighted by atomic mass is 10.1. The first-order valence-electron chi connectivity index (χ1n) is 6.41. The average Bonchev–Trinajstić information content (AvgIpc) is 2.90. The van der Waals surface area contributed by atoms with Crippen molar-refractivity contribution in [1.29, 1.82) is 0 Å². The van der Waals surface area contributed by atoms with Crippen LogP contribution in [0.25, 0.3) is 21.8 Å². The maximum absolute atomic E-state index is 5.93. The molecule has 0 spiro atoms. The molecule has 6 heteroatoms. The molecule has 3 aromatic heterocycles. The van der Waals surface area contributed by atoms with Crippen LogP contribution >= 0.6 is 11.6 Å². The second-order valence-electron chi connectivity index (χ2n) is 4.67. The fourth-order valence-electron chi connectivity index (χ4n) is 2.27. The molecule has 0 saturated heterocycles. The number of hydrogen-bond donors (Lipinski definition) is 2. The van der Waals surface area contributed by atoms with Crippen molar-refractivity contribution in [3.05, 3.63) is 53.9 Å². The van der Waals surface area contributed by atoms with E-state index in [0.717, 1.165) is 27.5 Å². The van der Waals surface area contributed by atoms with Gasteiger partial charge in [0.15, 0.2) is 5.82 Å². The second kappa shape index (κ2) is 4.71. The predicted octanol–water partition coefficient (Wildman–Crippen LogP) is 3.90. The maximum Gasteiger partial charge on any atom is 0.178 e. The average molecular weight is 296 g/mol. The Morgan fingerprint density at radius 2 is 2.00 bits per heavy atom. The number of nitrogens with zero attached hydrogens (tertiary/aromatic N) is 3. The molecular formula is C15H10ClN5. The molecule has 0 unspecified atom stereocenters. The lowest BCUT2D eigenvalue weighted by molar-refractivity contribution is 1.12. The fraction of sp³-hybridized carbons (Fsp3) is 0. The number of hydrogen-bond acceptors (Lipinski definition) is 4. The third-order valence-electron chi connectivity index (χ3n) is 3.27. The van der Waals surface area contributed by atoms with E-state index in [4.69, 9.17) is 11.6 Å². The quantitative estimate of drug-likeness (QED) is 0.550. The highest BCUT2D eigenvalue weighted by atomic mass is 35.5. The molecule has 3 heterocycles. The molecule has 5 nitrogen and oxygen atoms in total. The van der Waals surface area contributed by atoms with Crippen molar-refractivity contribution in [2.45, 2.75) is 0 Å². The van der Waals surface area contributed by atoms with Gasteiger partial charge in [0.2, 0.25) is 0 Å². The van der Waals surface area contributed by atoms with Crippen molar-refractivity contribution in [2.75, 3.05) is 5.32 Å². The van der Waals surface area contributed by atoms with Crippen LogP contribution in [0.4, 0.5) is 11.5 Å². The van der Waals surface area contributed by atoms with Gasteiger partial charge < -0.3 is 5.32 Å². The first kappa shape index (κ1) is 12.1. The van der Waals surface area contributed by atoms with E-state index in [9.17, 15) is 0 Å². The van der Waals surface area contributed by atoms with Gasteiger partial charge in [-0.15, -0.1) is 0 Å². The summed E-state index contributed by atoms with van der Waals surface area (Å²) in [5, 5.41) is 13.0. The number of benzene rings is 1. The Bertz CT molecular complexity index is 947. The van der Waals surface area contributed by atoms with Gasteiger partial charge in [0, 0.05) is 23.5 Å². The highest BCUT2D eigenvalue weighted by Gasteiger charge is 2.07. The zero-order chi connectivity index (χ0) is 14.2. The summed E-state index contributed by atoms with van der Waals surface area (Å²) in [5.41, 5.74) is 2.63. The van der Waals surface area contributed by atoms with Crippen LogP contribution in [0.2, 0.25) is 5.15 Å². The minimum Gasteiger partial charge on any atom is -0.337 e. The highest BCUT2D eigenvalue weighted by molar-refractivity contribution is 6.30. The zero-order valence-electron chi connectivity index (χ0n) is 10.8. The Hall–Kier alpha value is -2.66. The van der Waals surface area contributed by atoms with Gasteiger partial charge in [0.25, 0.3) is 0 Å². The number of rotatable bonds is 2. The van der Waals surface area contributed by atoms with Gasteiger partial charge in [0.05, 0.1) is 5.52 Å². The molecule has 4 aromatic rings. The highest BCUT2D eigenvalue weighted by Crippen LogP contribution is 2.25. The van der Waals surface area contributed by atoms with Gasteiger partial charge in [-0.3, -0.25) is 10.1 Å². The summed E-state index contributed by atoms with van der Waals surface area (Å²) in [6.07, 6.45) is 3.50. The monoisotopic (exact) mass is 295 g/mol. The van der Waals surface area contributed by atoms with E-state index in [-0.39, 0.29) is 0 Å². The molecule has 0 aliphatic rings. The summed E-state index contributed by atoms with van der Waals surface area (Å²) in [6, 6.07) is 11.6. The van der Waals surface area contributed by atoms with E-state index in [0.29, 0.717) is 11.0 Å². The van der Waals surface area contributed by atoms with Crippen LogP contribution in [0.3, 0.4) is 0 Å². The van der Waals surface area contributed by atoms with Crippen LogP contribution in [0.5, 0.6) is 0 Å². The first-order chi connectivity index (χ1) is 10.3. The lowest BCUT2D eigenvalue weighted by Crippen LogP contribution is -1.92. The fourth-order valence-corrected chi connectivity index (χ4v) is 2.44. The van der Waals surface area contributed by atoms with Crippen molar-refractivity contribution in [1.82, 2.24) is 20.2 Å². The summed E-state index contributed by atoms with van der Waals surface area (Å²) in [4.78, 5) is 8.40. The Balaban J connectivity index is 1.76. The van der Waals surface area contributed by atoms with E-state index < -0.39 is 0 Å². The zero-order valence-corrected chi connectivity index (χ0v) is 11.6. The smallest absolute Gasteiger partial charge is 0.178 e. The Labute approximate surface area is 125 Å². The molecule has 0 saturated carbocycles. The SMILES string of the molecule is Clc1cc2cc(Nc3n[nH]c4cccnc34)ccc2cn1. The third kappa shape index (κ3) is 2.17. The Morgan fingerprint density at radius 1 is 1.05 bits per heavy atom. The van der Waals surface area contributed by atoms with Crippen LogP contribution in [-0.2, 0) is 0 Å². The number of aromatic nitrogens is 4. The Kier molecular flexibility index (Phi) is 2.72. The first-order valence-corrected chi connectivity index (χ1v) is 6.79. The van der Waals surface area contributed by atoms with Crippen molar-refractivity contribution < 1.29 is 0 Å². The summed E-state index contributed by atoms with van der Waals surface area (Å²) in [6.45, 7) is 0. The summed E-state index contributed by atoms with van der Waals surface area (Å²) in [7, 11) is 0. The maximum atomic E-state index is 5.93. The molecule has 2 N–H and O–H groups in total. The molecule has 0 radical (unpaired) electrons. The summed E-state index contributed by atoms with van der Waals surface area (Å²) >= 11 is 5.93. The van der Waals surface area contributed by atoms with E-state index in [1.807, 2.05) is 36.4 Å². The van der Waals surface area contributed by atoms with E-state index >= 15 is 0 Å². The van der Waals surface area contributed by atoms with E-state index in [1.54, 1.807) is 12.4 Å². The summed E-state index contributed by atoms with van der Waals surface area (Å²) < 4.78 is 0. The standard InChI is InChI=1S/C15H10ClN5/c16-13-7-10-6-11(4-3-9(10)8-18-13)19-15-14-12(20-21-15)2-1-5-17-14/h1-8H,(H2,19,20,21). The number of H-pyrrole nitrogens is 1. The lowest BCUT2D eigenvalue weighted by Gasteiger charge is -2.05. The second-order valence-corrected chi connectivity index (χ2v) is 5.05. The number of anilines is 2. The molecule has 0 atom stereocenters. The number of pyridine rings is 2. The Morgan fingerprint density at radius 3 is 2.95 bits per heavy atom. The molecule has 4 rings (SSSR count). The van der Waals surface area contributed by atoms with Crippen molar-refractivity contribution in [2.24, 2.45) is 0 Å². The predicted molar refractivity (Wildman–Crippen MR) is 83.9 cm³/mol. The normalized spacial score (nSPS) is 11.1. The van der Waals surface area contributed by atoms with Gasteiger partial charge in [-0.2, -0.15) is 5.10 Å². The molecule has 0 aliphatic heterocycles. The van der Waals surface area contributed by atoms with Gasteiger partial charge >= 0.3 is 0 Å². The molecular weight excluding hydrogens is 286 g/mol. The molecule has 1 aromatic carbocycles. The van der Waals surface area contributed by atoms with Crippen molar-refractivity contribution in [3.63, 3.8) is 0 Å². The molecule has 102 valence electrons. The minimum atomic E-state index is 0.478. The number of halogens is 1. The molecule has 0 amide bonds. The van der Waals surface area contributed by atoms with Crippen molar-refractivity contribution >= 4 is 44.9 Å². The van der Waals surface area contributed by atoms with Crippen LogP contribution in [0.15, 0.2) is 48.8 Å². The minimum absolute atomic E-state index is 0.478. The van der Waals surface area contributed by atoms with Crippen molar-refractivity contribution in [3.8, 4) is 0 Å². The van der Waals surface area contributed by atoms with Crippen LogP contribution in [0.1, 0.15) is 0 Å². The van der Waals surface area contributed by atoms with Gasteiger partial charge in [-0.05, 0) is 35.7 Å². The molecule has 0 aliphatic carbocycles. The molecule has 21 heavy (non-hydrogen) atoms. The number of aromatic amines is 1. The third-order valence-corrected chi connectivity index (χ3v) is 3.48. The number of nitrogens with one attached hydrogen (secondary N) is 2. The van der Waals surface area contributed by atoms with E-state index in [1.165, 1.54) is 0 Å². The summed E-state index contributed by atoms with van der Waals surface area (Å²) in [5.74, 6) is 0.699. The number of fused-ring (bicyclic) bond motifs is 2. The van der Waals surface area contributed by atoms with Gasteiger partial charge in [-0.25, -0.2) is 4.98 Å². The topological polar surface area (TPSA) is 66.5 Å². The van der Waals surface area contributed by atoms with Crippen LogP contribution < -0.4 is 5.32 Å².